The van der Waals surface area contributed by atoms with Gasteiger partial charge in [-0.05, 0) is 94.3 Å². The number of rotatable bonds is 6. The zero-order valence-corrected chi connectivity index (χ0v) is 34.7. The fourth-order valence-corrected chi connectivity index (χ4v) is 8.93. The minimum Gasteiger partial charge on any atom is -0.310 e. The second kappa shape index (κ2) is 13.9. The summed E-state index contributed by atoms with van der Waals surface area (Å²) in [4.78, 5) is 2.46. The smallest absolute Gasteiger partial charge is 0.0561 e. The van der Waals surface area contributed by atoms with Crippen molar-refractivity contribution in [1.29, 1.82) is 0 Å². The van der Waals surface area contributed by atoms with Crippen molar-refractivity contribution >= 4 is 60.7 Å². The SMILES string of the molecule is CC(C)(C)c1cccc(-n2c3ccccc3c3ccc(N(c4ccc5c6ccccc6n(-c6cccc(C(C)(C)C)c6)c5c4)c4ccccc4-c4ccccc4)cc32)c1. The lowest BCUT2D eigenvalue weighted by Gasteiger charge is -2.28. The summed E-state index contributed by atoms with van der Waals surface area (Å²) in [5.41, 5.74) is 15.4. The van der Waals surface area contributed by atoms with E-state index in [1.165, 1.54) is 77.2 Å². The van der Waals surface area contributed by atoms with Gasteiger partial charge in [-0.25, -0.2) is 0 Å². The summed E-state index contributed by atoms with van der Waals surface area (Å²) in [5.74, 6) is 0. The maximum atomic E-state index is 2.46. The number of para-hydroxylation sites is 3. The second-order valence-electron chi connectivity index (χ2n) is 17.9. The molecule has 8 aromatic carbocycles. The molecule has 2 aromatic heterocycles. The monoisotopic (exact) mass is 763 g/mol. The molecule has 0 saturated heterocycles. The predicted molar refractivity (Wildman–Crippen MR) is 253 cm³/mol. The fraction of sp³-hybridized carbons (Fsp3) is 0.143. The lowest BCUT2D eigenvalue weighted by molar-refractivity contribution is 0.589. The summed E-state index contributed by atoms with van der Waals surface area (Å²) in [6, 6.07) is 69.4. The molecule has 0 aliphatic rings. The summed E-state index contributed by atoms with van der Waals surface area (Å²) in [6.45, 7) is 13.7. The highest BCUT2D eigenvalue weighted by molar-refractivity contribution is 6.12. The van der Waals surface area contributed by atoms with Gasteiger partial charge in [0.25, 0.3) is 0 Å². The summed E-state index contributed by atoms with van der Waals surface area (Å²) in [5, 5.41) is 4.96. The number of fused-ring (bicyclic) bond motifs is 6. The van der Waals surface area contributed by atoms with Crippen LogP contribution in [0.3, 0.4) is 0 Å². The van der Waals surface area contributed by atoms with Crippen molar-refractivity contribution in [2.45, 2.75) is 52.4 Å². The number of anilines is 3. The molecule has 0 aliphatic carbocycles. The largest absolute Gasteiger partial charge is 0.310 e. The molecule has 10 rings (SSSR count). The Labute approximate surface area is 347 Å². The molecule has 0 amide bonds. The Hall–Kier alpha value is -6.84. The van der Waals surface area contributed by atoms with Crippen LogP contribution in [-0.4, -0.2) is 9.13 Å². The molecule has 0 aliphatic heterocycles. The Bertz CT molecular complexity index is 3010. The zero-order valence-electron chi connectivity index (χ0n) is 34.7. The second-order valence-corrected chi connectivity index (χ2v) is 17.9. The van der Waals surface area contributed by atoms with Crippen LogP contribution < -0.4 is 4.90 Å². The third kappa shape index (κ3) is 6.29. The van der Waals surface area contributed by atoms with E-state index in [0.29, 0.717) is 0 Å². The van der Waals surface area contributed by atoms with E-state index in [1.54, 1.807) is 0 Å². The van der Waals surface area contributed by atoms with Gasteiger partial charge < -0.3 is 14.0 Å². The number of aromatic nitrogens is 2. The van der Waals surface area contributed by atoms with Crippen molar-refractivity contribution in [2.24, 2.45) is 0 Å². The zero-order chi connectivity index (χ0) is 40.5. The van der Waals surface area contributed by atoms with Gasteiger partial charge in [-0.1, -0.05) is 163 Å². The van der Waals surface area contributed by atoms with E-state index in [2.05, 4.69) is 244 Å². The van der Waals surface area contributed by atoms with Gasteiger partial charge in [-0.2, -0.15) is 0 Å². The van der Waals surface area contributed by atoms with Gasteiger partial charge in [-0.3, -0.25) is 0 Å². The molecular formula is C56H49N3. The summed E-state index contributed by atoms with van der Waals surface area (Å²) in [7, 11) is 0. The number of hydrogen-bond donors (Lipinski definition) is 0. The van der Waals surface area contributed by atoms with E-state index >= 15 is 0 Å². The Morgan fingerprint density at radius 2 is 0.797 bits per heavy atom. The van der Waals surface area contributed by atoms with Crippen LogP contribution in [0.1, 0.15) is 52.7 Å². The minimum atomic E-state index is 0.0209. The highest BCUT2D eigenvalue weighted by Gasteiger charge is 2.23. The van der Waals surface area contributed by atoms with Crippen LogP contribution in [0.5, 0.6) is 0 Å². The fourth-order valence-electron chi connectivity index (χ4n) is 8.93. The molecule has 0 radical (unpaired) electrons. The van der Waals surface area contributed by atoms with Gasteiger partial charge in [-0.15, -0.1) is 0 Å². The van der Waals surface area contributed by atoms with E-state index in [-0.39, 0.29) is 10.8 Å². The Kier molecular flexibility index (Phi) is 8.61. The molecule has 288 valence electrons. The summed E-state index contributed by atoms with van der Waals surface area (Å²) < 4.78 is 4.90. The van der Waals surface area contributed by atoms with Gasteiger partial charge in [0.05, 0.1) is 27.8 Å². The molecule has 0 bridgehead atoms. The molecule has 59 heavy (non-hydrogen) atoms. The van der Waals surface area contributed by atoms with Crippen LogP contribution in [0.15, 0.2) is 188 Å². The third-order valence-corrected chi connectivity index (χ3v) is 12.0. The van der Waals surface area contributed by atoms with Crippen molar-refractivity contribution in [3.05, 3.63) is 199 Å². The molecule has 0 unspecified atom stereocenters. The topological polar surface area (TPSA) is 13.1 Å². The molecular weight excluding hydrogens is 715 g/mol. The summed E-state index contributed by atoms with van der Waals surface area (Å²) in [6.07, 6.45) is 0. The van der Waals surface area contributed by atoms with E-state index < -0.39 is 0 Å². The molecule has 2 heterocycles. The Balaban J connectivity index is 1.26. The lowest BCUT2D eigenvalue weighted by Crippen LogP contribution is -2.12. The molecule has 0 atom stereocenters. The predicted octanol–water partition coefficient (Wildman–Crippen LogP) is 15.6. The highest BCUT2D eigenvalue weighted by Crippen LogP contribution is 2.45. The van der Waals surface area contributed by atoms with Crippen molar-refractivity contribution in [3.63, 3.8) is 0 Å². The van der Waals surface area contributed by atoms with Gasteiger partial charge in [0.2, 0.25) is 0 Å². The molecule has 3 nitrogen and oxygen atoms in total. The molecule has 0 fully saturated rings. The van der Waals surface area contributed by atoms with Gasteiger partial charge in [0.15, 0.2) is 0 Å². The number of nitrogens with zero attached hydrogens (tertiary/aromatic N) is 3. The quantitative estimate of drug-likeness (QED) is 0.164. The van der Waals surface area contributed by atoms with Crippen molar-refractivity contribution in [1.82, 2.24) is 9.13 Å². The van der Waals surface area contributed by atoms with E-state index in [0.717, 1.165) is 17.1 Å². The third-order valence-electron chi connectivity index (χ3n) is 12.0. The summed E-state index contributed by atoms with van der Waals surface area (Å²) >= 11 is 0. The van der Waals surface area contributed by atoms with E-state index in [4.69, 9.17) is 0 Å². The first-order valence-corrected chi connectivity index (χ1v) is 20.8. The van der Waals surface area contributed by atoms with E-state index in [1.807, 2.05) is 0 Å². The van der Waals surface area contributed by atoms with Crippen molar-refractivity contribution in [2.75, 3.05) is 4.90 Å². The average molecular weight is 764 g/mol. The Morgan fingerprint density at radius 3 is 1.31 bits per heavy atom. The van der Waals surface area contributed by atoms with Crippen LogP contribution in [0.4, 0.5) is 17.1 Å². The van der Waals surface area contributed by atoms with Crippen molar-refractivity contribution < 1.29 is 0 Å². The lowest BCUT2D eigenvalue weighted by atomic mass is 9.87. The molecule has 0 spiro atoms. The van der Waals surface area contributed by atoms with Gasteiger partial charge in [0, 0.05) is 49.9 Å². The van der Waals surface area contributed by atoms with Crippen LogP contribution in [0.2, 0.25) is 0 Å². The minimum absolute atomic E-state index is 0.0209. The number of hydrogen-bond acceptors (Lipinski definition) is 1. The highest BCUT2D eigenvalue weighted by atomic mass is 15.1. The standard InChI is InChI=1S/C56H49N3/c1-55(2,3)39-20-16-22-41(34-39)58-51-28-14-11-25-46(51)48-32-30-43(36-53(48)58)57(50-27-13-10-24-45(50)38-18-8-7-9-19-38)44-31-33-49-47-26-12-15-29-52(47)59(54(49)37-44)42-23-17-21-40(35-42)56(4,5)6/h7-37H,1-6H3. The number of benzene rings is 8. The normalized spacial score (nSPS) is 12.2. The average Bonchev–Trinajstić information content (AvgIpc) is 3.76. The first kappa shape index (κ1) is 36.5. The first-order valence-electron chi connectivity index (χ1n) is 20.8. The maximum absolute atomic E-state index is 2.46. The van der Waals surface area contributed by atoms with E-state index in [9.17, 15) is 0 Å². The molecule has 3 heteroatoms. The van der Waals surface area contributed by atoms with Crippen LogP contribution >= 0.6 is 0 Å². The van der Waals surface area contributed by atoms with Crippen LogP contribution in [0.25, 0.3) is 66.1 Å². The van der Waals surface area contributed by atoms with Crippen molar-refractivity contribution in [3.8, 4) is 22.5 Å². The first-order chi connectivity index (χ1) is 28.5. The van der Waals surface area contributed by atoms with Gasteiger partial charge in [0.1, 0.15) is 0 Å². The molecule has 0 saturated carbocycles. The maximum Gasteiger partial charge on any atom is 0.0561 e. The molecule has 10 aromatic rings. The Morgan fingerprint density at radius 1 is 0.356 bits per heavy atom. The molecule has 0 N–H and O–H groups in total. The van der Waals surface area contributed by atoms with Crippen LogP contribution in [-0.2, 0) is 10.8 Å². The van der Waals surface area contributed by atoms with Gasteiger partial charge >= 0.3 is 0 Å². The van der Waals surface area contributed by atoms with Crippen LogP contribution in [0, 0.1) is 0 Å².